The van der Waals surface area contributed by atoms with E-state index in [-0.39, 0.29) is 55.8 Å². The van der Waals surface area contributed by atoms with Crippen LogP contribution in [0.3, 0.4) is 0 Å². The molecular formula is C77H60Cl3N19O4. The Morgan fingerprint density at radius 1 is 0.427 bits per heavy atom. The van der Waals surface area contributed by atoms with Crippen molar-refractivity contribution in [2.24, 2.45) is 15.0 Å². The minimum Gasteiger partial charge on any atom is -0.325 e. The molecule has 4 amide bonds. The Morgan fingerprint density at radius 2 is 0.816 bits per heavy atom. The molecule has 508 valence electrons. The maximum atomic E-state index is 12.6. The number of fused-ring (bicyclic) bond motifs is 4. The Balaban J connectivity index is 0.000000122. The molecule has 0 atom stereocenters. The third-order valence-corrected chi connectivity index (χ3v) is 16.8. The third kappa shape index (κ3) is 16.7. The molecule has 6 aromatic heterocycles. The van der Waals surface area contributed by atoms with Gasteiger partial charge < -0.3 is 34.2 Å². The van der Waals surface area contributed by atoms with E-state index in [1.807, 2.05) is 214 Å². The van der Waals surface area contributed by atoms with Gasteiger partial charge in [-0.3, -0.25) is 39.5 Å². The molecule has 0 saturated heterocycles. The van der Waals surface area contributed by atoms with Gasteiger partial charge in [-0.15, -0.1) is 0 Å². The number of carbonyl (C=O) groups is 4. The first-order valence-corrected chi connectivity index (χ1v) is 33.5. The molecule has 0 spiro atoms. The molecule has 0 radical (unpaired) electrons. The fraction of sp³-hybridized carbons (Fsp3) is 0.104. The Kier molecular flexibility index (Phi) is 21.3. The molecule has 3 aliphatic rings. The molecule has 3 aliphatic heterocycles. The molecule has 0 aliphatic carbocycles. The lowest BCUT2D eigenvalue weighted by molar-refractivity contribution is -0.117. The molecule has 9 heterocycles. The van der Waals surface area contributed by atoms with Gasteiger partial charge in [-0.2, -0.15) is 0 Å². The van der Waals surface area contributed by atoms with Crippen LogP contribution in [0.1, 0.15) is 42.3 Å². The molecule has 26 heteroatoms. The minimum absolute atomic E-state index is 0.0748. The molecule has 0 bridgehead atoms. The number of halogens is 3. The average molecular weight is 1420 g/mol. The number of pyridine rings is 1. The second kappa shape index (κ2) is 32.0. The van der Waals surface area contributed by atoms with E-state index in [2.05, 4.69) is 71.0 Å². The number of hydrogen-bond acceptors (Lipinski definition) is 14. The van der Waals surface area contributed by atoms with Gasteiger partial charge in [0.2, 0.25) is 35.3 Å². The van der Waals surface area contributed by atoms with Crippen molar-refractivity contribution in [2.75, 3.05) is 21.3 Å². The predicted molar refractivity (Wildman–Crippen MR) is 407 cm³/mol. The number of nitrogens with one attached hydrogen (secondary N) is 4. The fourth-order valence-electron chi connectivity index (χ4n) is 11.4. The van der Waals surface area contributed by atoms with Crippen molar-refractivity contribution in [1.29, 1.82) is 0 Å². The number of benzene rings is 7. The van der Waals surface area contributed by atoms with Gasteiger partial charge in [-0.05, 0) is 110 Å². The number of para-hydroxylation sites is 8. The standard InChI is InChI=1S/C22H19N3O.C20H14ClN5O.C18H14ClN5O.C17H13ClN6O/c1-16-11-13-18(14-12-16)23-21(26)15-25-20-10-6-5-9-19(20)24-22(25)17-7-3-2-4-8-17;1-22-15-9-8-13(11-14(15)21)24-19(27)12-26-18-7-3-2-5-16(18)25-20(26)17-6-4-10-23-17;19-16-8-7-12(10-21-16)22-17(25)11-24-15-6-2-1-4-13(15)23-18(24)14-5-3-9-20-14;18-11-8-20-17(21-9-11)23-15(25)10-24-14-6-2-1-4-12(14)22-16(24)13-5-3-7-19-13/h2-14H,15H2,1H3,(H,23,26);2-3,5-11H,4,12H2,(H,24,27);1-2,4-10H,3,11H2,(H,22,25);1-2,4-9H,3,10H2,(H,20,21,23,25). The highest BCUT2D eigenvalue weighted by Crippen LogP contribution is 2.32. The number of anilines is 4. The van der Waals surface area contributed by atoms with Gasteiger partial charge in [-0.1, -0.05) is 137 Å². The first kappa shape index (κ1) is 68.6. The number of nitrogens with zero attached hydrogens (tertiary/aromatic N) is 15. The van der Waals surface area contributed by atoms with Crippen LogP contribution in [-0.2, 0) is 45.4 Å². The number of hydrogen-bond donors (Lipinski definition) is 4. The predicted octanol–water partition coefficient (Wildman–Crippen LogP) is 15.8. The smallest absolute Gasteiger partial charge is 0.246 e. The first-order chi connectivity index (χ1) is 50.3. The molecule has 0 fully saturated rings. The van der Waals surface area contributed by atoms with Crippen LogP contribution >= 0.6 is 34.8 Å². The Morgan fingerprint density at radius 3 is 1.23 bits per heavy atom. The van der Waals surface area contributed by atoms with Gasteiger partial charge in [-0.25, -0.2) is 39.7 Å². The Bertz CT molecular complexity index is 5430. The topological polar surface area (TPSA) is 268 Å². The van der Waals surface area contributed by atoms with Crippen molar-refractivity contribution in [2.45, 2.75) is 52.4 Å². The Hall–Kier alpha value is -12.9. The number of aryl methyl sites for hydroxylation is 1. The summed E-state index contributed by atoms with van der Waals surface area (Å²) < 4.78 is 7.54. The second-order valence-electron chi connectivity index (χ2n) is 23.2. The van der Waals surface area contributed by atoms with Crippen LogP contribution in [0.5, 0.6) is 0 Å². The van der Waals surface area contributed by atoms with Gasteiger partial charge in [0, 0.05) is 59.9 Å². The van der Waals surface area contributed by atoms with E-state index in [1.165, 1.54) is 18.6 Å². The highest BCUT2D eigenvalue weighted by atomic mass is 35.5. The largest absolute Gasteiger partial charge is 0.325 e. The summed E-state index contributed by atoms with van der Waals surface area (Å²) in [5.41, 5.74) is 13.7. The summed E-state index contributed by atoms with van der Waals surface area (Å²) in [5, 5.41) is 12.4. The van der Waals surface area contributed by atoms with E-state index in [0.29, 0.717) is 49.7 Å². The van der Waals surface area contributed by atoms with E-state index >= 15 is 0 Å². The molecular weight excluding hydrogens is 1360 g/mol. The molecule has 13 aromatic rings. The Labute approximate surface area is 604 Å². The van der Waals surface area contributed by atoms with Crippen molar-refractivity contribution in [3.63, 3.8) is 0 Å². The van der Waals surface area contributed by atoms with Gasteiger partial charge in [0.15, 0.2) is 17.5 Å². The van der Waals surface area contributed by atoms with Crippen LogP contribution in [-0.4, -0.2) is 95.4 Å². The fourth-order valence-corrected chi connectivity index (χ4v) is 11.8. The summed E-state index contributed by atoms with van der Waals surface area (Å²) >= 11 is 17.6. The summed E-state index contributed by atoms with van der Waals surface area (Å²) in [6, 6.07) is 56.9. The summed E-state index contributed by atoms with van der Waals surface area (Å²) in [7, 11) is 0. The van der Waals surface area contributed by atoms with E-state index in [4.69, 9.17) is 46.4 Å². The van der Waals surface area contributed by atoms with Gasteiger partial charge in [0.05, 0.1) is 80.0 Å². The molecule has 7 aromatic carbocycles. The summed E-state index contributed by atoms with van der Waals surface area (Å²) in [6.07, 6.45) is 18.1. The first-order valence-electron chi connectivity index (χ1n) is 32.4. The summed E-state index contributed by atoms with van der Waals surface area (Å²) in [6.45, 7) is 9.56. The zero-order chi connectivity index (χ0) is 71.2. The lowest BCUT2D eigenvalue weighted by Gasteiger charge is -2.10. The van der Waals surface area contributed by atoms with E-state index in [0.717, 1.165) is 103 Å². The van der Waals surface area contributed by atoms with Crippen molar-refractivity contribution >= 4 is 167 Å². The molecule has 16 rings (SSSR count). The maximum absolute atomic E-state index is 12.6. The SMILES string of the molecule is Cc1ccc(NC(=O)Cn2c(-c3ccccc3)nc3ccccc32)cc1.O=C(Cn1c(C2=CCC=N2)nc2ccccc21)Nc1ccc(Cl)nc1.O=C(Cn1c(C2=CCC=N2)nc2ccccc21)Nc1ncc(Cl)cn1.[C-]#[N+]c1ccc(NC(=O)Cn2c(C3=CCC=N3)nc3ccccc32)cc1Cl. The number of imidazole rings is 4. The highest BCUT2D eigenvalue weighted by Gasteiger charge is 2.22. The summed E-state index contributed by atoms with van der Waals surface area (Å²) in [5.74, 6) is 2.32. The van der Waals surface area contributed by atoms with E-state index in [9.17, 15) is 19.2 Å². The monoisotopic (exact) mass is 1420 g/mol. The minimum atomic E-state index is -0.255. The van der Waals surface area contributed by atoms with Crippen molar-refractivity contribution in [3.05, 3.63) is 268 Å². The molecule has 23 nitrogen and oxygen atoms in total. The molecule has 0 saturated carbocycles. The third-order valence-electron chi connectivity index (χ3n) is 16.1. The zero-order valence-corrected chi connectivity index (χ0v) is 57.2. The lowest BCUT2D eigenvalue weighted by Crippen LogP contribution is -2.21. The zero-order valence-electron chi connectivity index (χ0n) is 54.9. The number of carbonyl (C=O) groups excluding carboxylic acids is 4. The summed E-state index contributed by atoms with van der Waals surface area (Å²) in [4.78, 5) is 97.1. The number of rotatable bonds is 16. The average Bonchev–Trinajstić information content (AvgIpc) is 1.66. The number of aliphatic imine (C=N–C) groups is 3. The molecule has 4 N–H and O–H groups in total. The van der Waals surface area contributed by atoms with Crippen LogP contribution in [0.25, 0.3) is 77.5 Å². The maximum Gasteiger partial charge on any atom is 0.246 e. The van der Waals surface area contributed by atoms with Crippen molar-refractivity contribution < 1.29 is 19.2 Å². The van der Waals surface area contributed by atoms with Gasteiger partial charge >= 0.3 is 0 Å². The van der Waals surface area contributed by atoms with E-state index in [1.54, 1.807) is 30.3 Å². The highest BCUT2D eigenvalue weighted by molar-refractivity contribution is 6.33. The van der Waals surface area contributed by atoms with E-state index < -0.39 is 0 Å². The second-order valence-corrected chi connectivity index (χ2v) is 24.5. The van der Waals surface area contributed by atoms with Crippen molar-refractivity contribution in [1.82, 2.24) is 53.2 Å². The number of aromatic nitrogens is 11. The molecule has 0 unspecified atom stereocenters. The van der Waals surface area contributed by atoms with Crippen LogP contribution in [0, 0.1) is 13.5 Å². The molecule has 103 heavy (non-hydrogen) atoms. The lowest BCUT2D eigenvalue weighted by atomic mass is 10.2. The van der Waals surface area contributed by atoms with Crippen LogP contribution < -0.4 is 21.3 Å². The number of allylic oxidation sites excluding steroid dienone is 3. The normalized spacial score (nSPS) is 12.5. The van der Waals surface area contributed by atoms with Crippen LogP contribution in [0.2, 0.25) is 15.2 Å². The van der Waals surface area contributed by atoms with Crippen LogP contribution in [0.15, 0.2) is 234 Å². The van der Waals surface area contributed by atoms with Gasteiger partial charge in [0.1, 0.15) is 54.2 Å². The van der Waals surface area contributed by atoms with Crippen molar-refractivity contribution in [3.8, 4) is 11.4 Å². The quantitative estimate of drug-likeness (QED) is 0.0522. The number of amides is 4. The van der Waals surface area contributed by atoms with Gasteiger partial charge in [0.25, 0.3) is 0 Å². The van der Waals surface area contributed by atoms with Crippen LogP contribution in [0.4, 0.5) is 28.7 Å².